The Morgan fingerprint density at radius 1 is 1.17 bits per heavy atom. The molecule has 0 spiro atoms. The molecule has 8 heteroatoms. The minimum Gasteiger partial charge on any atom is -0.376 e. The minimum atomic E-state index is -3.27. The number of ether oxygens (including phenoxy) is 1. The van der Waals surface area contributed by atoms with Crippen molar-refractivity contribution in [1.82, 2.24) is 9.71 Å². The third-order valence-electron chi connectivity index (χ3n) is 6.26. The lowest BCUT2D eigenvalue weighted by Gasteiger charge is -2.33. The SMILES string of the molecule is Cc1nc(N2CC[C@H](NS(C)(=O)=O)[C@@H]2CO[C@H]2CC[C@@H](c3ccccc3)CC2)cs1. The van der Waals surface area contributed by atoms with Gasteiger partial charge in [-0.05, 0) is 50.5 Å². The molecule has 2 aliphatic rings. The van der Waals surface area contributed by atoms with Crippen molar-refractivity contribution in [2.45, 2.75) is 63.1 Å². The van der Waals surface area contributed by atoms with Crippen LogP contribution >= 0.6 is 11.3 Å². The van der Waals surface area contributed by atoms with Gasteiger partial charge in [-0.15, -0.1) is 11.3 Å². The average molecular weight is 450 g/mol. The van der Waals surface area contributed by atoms with E-state index >= 15 is 0 Å². The Morgan fingerprint density at radius 2 is 1.90 bits per heavy atom. The maximum atomic E-state index is 11.9. The van der Waals surface area contributed by atoms with Gasteiger partial charge in [0.15, 0.2) is 0 Å². The van der Waals surface area contributed by atoms with Crippen molar-refractivity contribution in [2.75, 3.05) is 24.3 Å². The second-order valence-corrected chi connectivity index (χ2v) is 11.3. The van der Waals surface area contributed by atoms with Gasteiger partial charge in [0, 0.05) is 18.0 Å². The Morgan fingerprint density at radius 3 is 2.53 bits per heavy atom. The molecule has 2 aromatic rings. The van der Waals surface area contributed by atoms with Gasteiger partial charge in [0.05, 0.1) is 30.0 Å². The summed E-state index contributed by atoms with van der Waals surface area (Å²) in [6.45, 7) is 3.29. The fourth-order valence-electron chi connectivity index (χ4n) is 4.76. The molecule has 1 aliphatic heterocycles. The molecule has 1 aromatic heterocycles. The molecule has 4 rings (SSSR count). The summed E-state index contributed by atoms with van der Waals surface area (Å²) in [5.74, 6) is 1.54. The van der Waals surface area contributed by atoms with Crippen molar-refractivity contribution >= 4 is 27.2 Å². The van der Waals surface area contributed by atoms with Gasteiger partial charge in [0.2, 0.25) is 10.0 Å². The van der Waals surface area contributed by atoms with Gasteiger partial charge in [-0.3, -0.25) is 0 Å². The second-order valence-electron chi connectivity index (χ2n) is 8.49. The number of aryl methyl sites for hydroxylation is 1. The standard InChI is InChI=1S/C22H31N3O3S2/c1-16-23-22(15-29-16)25-13-12-20(24-30(2,26)27)21(25)14-28-19-10-8-18(9-11-19)17-6-4-3-5-7-17/h3-7,15,18-21,24H,8-14H2,1-2H3/t18-,19+,20-,21-/m0/s1. The molecule has 0 radical (unpaired) electrons. The van der Waals surface area contributed by atoms with E-state index in [1.165, 1.54) is 11.8 Å². The summed E-state index contributed by atoms with van der Waals surface area (Å²) in [6.07, 6.45) is 6.60. The van der Waals surface area contributed by atoms with E-state index in [9.17, 15) is 8.42 Å². The zero-order valence-corrected chi connectivity index (χ0v) is 19.3. The van der Waals surface area contributed by atoms with E-state index in [0.29, 0.717) is 12.5 Å². The van der Waals surface area contributed by atoms with Crippen LogP contribution in [-0.4, -0.2) is 51.0 Å². The van der Waals surface area contributed by atoms with Crippen LogP contribution in [0.1, 0.15) is 48.6 Å². The summed E-state index contributed by atoms with van der Waals surface area (Å²) in [7, 11) is -3.27. The normalized spacial score (nSPS) is 27.5. The molecule has 1 aromatic carbocycles. The number of rotatable bonds is 7. The number of sulfonamides is 1. The molecule has 2 atom stereocenters. The maximum absolute atomic E-state index is 11.9. The third-order valence-corrected chi connectivity index (χ3v) is 7.75. The molecule has 6 nitrogen and oxygen atoms in total. The lowest BCUT2D eigenvalue weighted by atomic mass is 9.83. The first kappa shape index (κ1) is 21.7. The van der Waals surface area contributed by atoms with E-state index in [2.05, 4.69) is 50.3 Å². The smallest absolute Gasteiger partial charge is 0.209 e. The number of benzene rings is 1. The molecule has 1 saturated heterocycles. The molecule has 0 bridgehead atoms. The van der Waals surface area contributed by atoms with E-state index in [4.69, 9.17) is 4.74 Å². The number of anilines is 1. The summed E-state index contributed by atoms with van der Waals surface area (Å²) in [5, 5.41) is 3.07. The molecular weight excluding hydrogens is 418 g/mol. The Kier molecular flexibility index (Phi) is 6.77. The summed E-state index contributed by atoms with van der Waals surface area (Å²) < 4.78 is 32.9. The summed E-state index contributed by atoms with van der Waals surface area (Å²) in [5.41, 5.74) is 1.43. The molecule has 1 aliphatic carbocycles. The minimum absolute atomic E-state index is 0.0342. The summed E-state index contributed by atoms with van der Waals surface area (Å²) in [6, 6.07) is 10.6. The van der Waals surface area contributed by atoms with Crippen LogP contribution in [-0.2, 0) is 14.8 Å². The lowest BCUT2D eigenvalue weighted by Crippen LogP contribution is -2.48. The number of nitrogens with zero attached hydrogens (tertiary/aromatic N) is 2. The quantitative estimate of drug-likeness (QED) is 0.698. The first-order chi connectivity index (χ1) is 14.4. The Bertz CT molecular complexity index is 924. The monoisotopic (exact) mass is 449 g/mol. The van der Waals surface area contributed by atoms with Crippen molar-refractivity contribution in [1.29, 1.82) is 0 Å². The number of hydrogen-bond acceptors (Lipinski definition) is 6. The van der Waals surface area contributed by atoms with Gasteiger partial charge in [-0.1, -0.05) is 30.3 Å². The lowest BCUT2D eigenvalue weighted by molar-refractivity contribution is 0.0156. The van der Waals surface area contributed by atoms with Crippen molar-refractivity contribution in [3.63, 3.8) is 0 Å². The van der Waals surface area contributed by atoms with Crippen molar-refractivity contribution in [2.24, 2.45) is 0 Å². The topological polar surface area (TPSA) is 71.5 Å². The average Bonchev–Trinajstić information content (AvgIpc) is 3.32. The van der Waals surface area contributed by atoms with Gasteiger partial charge in [-0.2, -0.15) is 0 Å². The Hall–Kier alpha value is -1.48. The van der Waals surface area contributed by atoms with Crippen LogP contribution in [0.25, 0.3) is 0 Å². The molecule has 30 heavy (non-hydrogen) atoms. The van der Waals surface area contributed by atoms with Crippen molar-refractivity contribution < 1.29 is 13.2 Å². The van der Waals surface area contributed by atoms with Crippen LogP contribution in [0.15, 0.2) is 35.7 Å². The van der Waals surface area contributed by atoms with E-state index in [1.54, 1.807) is 11.3 Å². The number of aromatic nitrogens is 1. The highest BCUT2D eigenvalue weighted by Gasteiger charge is 2.37. The van der Waals surface area contributed by atoms with Gasteiger partial charge in [0.1, 0.15) is 5.82 Å². The highest BCUT2D eigenvalue weighted by Crippen LogP contribution is 2.35. The third kappa shape index (κ3) is 5.41. The predicted molar refractivity (Wildman–Crippen MR) is 122 cm³/mol. The van der Waals surface area contributed by atoms with Crippen LogP contribution < -0.4 is 9.62 Å². The number of hydrogen-bond donors (Lipinski definition) is 1. The highest BCUT2D eigenvalue weighted by molar-refractivity contribution is 7.88. The summed E-state index contributed by atoms with van der Waals surface area (Å²) >= 11 is 1.62. The molecular formula is C22H31N3O3S2. The second kappa shape index (κ2) is 9.34. The summed E-state index contributed by atoms with van der Waals surface area (Å²) in [4.78, 5) is 6.83. The maximum Gasteiger partial charge on any atom is 0.209 e. The molecule has 2 heterocycles. The molecule has 164 valence electrons. The number of nitrogens with one attached hydrogen (secondary N) is 1. The van der Waals surface area contributed by atoms with Gasteiger partial charge < -0.3 is 9.64 Å². The molecule has 0 amide bonds. The van der Waals surface area contributed by atoms with Gasteiger partial charge in [0.25, 0.3) is 0 Å². The first-order valence-corrected chi connectivity index (χ1v) is 13.5. The zero-order chi connectivity index (χ0) is 21.1. The highest BCUT2D eigenvalue weighted by atomic mass is 32.2. The van der Waals surface area contributed by atoms with E-state index < -0.39 is 10.0 Å². The van der Waals surface area contributed by atoms with Crippen LogP contribution in [0, 0.1) is 6.92 Å². The first-order valence-electron chi connectivity index (χ1n) is 10.7. The van der Waals surface area contributed by atoms with Crippen LogP contribution in [0.3, 0.4) is 0 Å². The fourth-order valence-corrected chi connectivity index (χ4v) is 6.20. The zero-order valence-electron chi connectivity index (χ0n) is 17.7. The predicted octanol–water partition coefficient (Wildman–Crippen LogP) is 3.69. The van der Waals surface area contributed by atoms with Crippen LogP contribution in [0.4, 0.5) is 5.82 Å². The van der Waals surface area contributed by atoms with Crippen LogP contribution in [0.2, 0.25) is 0 Å². The molecule has 2 fully saturated rings. The molecule has 1 N–H and O–H groups in total. The Labute approximate surface area is 183 Å². The van der Waals surface area contributed by atoms with Crippen LogP contribution in [0.5, 0.6) is 0 Å². The number of thiazole rings is 1. The van der Waals surface area contributed by atoms with Gasteiger partial charge in [-0.25, -0.2) is 18.1 Å². The van der Waals surface area contributed by atoms with E-state index in [-0.39, 0.29) is 18.2 Å². The van der Waals surface area contributed by atoms with Gasteiger partial charge >= 0.3 is 0 Å². The van der Waals surface area contributed by atoms with E-state index in [0.717, 1.165) is 49.5 Å². The molecule has 1 saturated carbocycles. The largest absolute Gasteiger partial charge is 0.376 e. The van der Waals surface area contributed by atoms with E-state index in [1.807, 2.05) is 6.92 Å². The van der Waals surface area contributed by atoms with Crippen molar-refractivity contribution in [3.05, 3.63) is 46.3 Å². The Balaban J connectivity index is 1.37. The molecule has 0 unspecified atom stereocenters. The van der Waals surface area contributed by atoms with Crippen molar-refractivity contribution in [3.8, 4) is 0 Å². The fraction of sp³-hybridized carbons (Fsp3) is 0.591.